The van der Waals surface area contributed by atoms with E-state index >= 15 is 0 Å². The van der Waals surface area contributed by atoms with E-state index in [0.29, 0.717) is 5.75 Å². The van der Waals surface area contributed by atoms with Crippen LogP contribution in [0.1, 0.15) is 20.3 Å². The van der Waals surface area contributed by atoms with Gasteiger partial charge in [0.05, 0.1) is 16.3 Å². The highest BCUT2D eigenvalue weighted by Crippen LogP contribution is 2.32. The fraction of sp³-hybridized carbons (Fsp3) is 0.208. The summed E-state index contributed by atoms with van der Waals surface area (Å²) in [4.78, 5) is 16.3. The van der Waals surface area contributed by atoms with Crippen LogP contribution in [0.4, 0.5) is 0 Å². The van der Waals surface area contributed by atoms with Crippen molar-refractivity contribution in [2.24, 2.45) is 5.41 Å². The molecule has 4 heteroatoms. The molecule has 0 bridgehead atoms. The predicted molar refractivity (Wildman–Crippen MR) is 124 cm³/mol. The molecule has 1 atom stereocenters. The Kier molecular flexibility index (Phi) is 7.18. The minimum absolute atomic E-state index is 0.165. The summed E-state index contributed by atoms with van der Waals surface area (Å²) >= 11 is 2.25. The van der Waals surface area contributed by atoms with Gasteiger partial charge in [-0.1, -0.05) is 65.9 Å². The van der Waals surface area contributed by atoms with Crippen molar-refractivity contribution in [2.45, 2.75) is 35.0 Å². The third-order valence-electron chi connectivity index (χ3n) is 4.80. The summed E-state index contributed by atoms with van der Waals surface area (Å²) in [6.07, 6.45) is 0.762. The summed E-state index contributed by atoms with van der Waals surface area (Å²) in [6.45, 7) is 3.98. The van der Waals surface area contributed by atoms with E-state index in [-0.39, 0.29) is 16.9 Å². The molecule has 2 nitrogen and oxygen atoms in total. The Hall–Kier alpha value is -1.79. The molecule has 3 aromatic rings. The predicted octanol–water partition coefficient (Wildman–Crippen LogP) is 6.54. The van der Waals surface area contributed by atoms with Crippen molar-refractivity contribution >= 4 is 39.5 Å². The van der Waals surface area contributed by atoms with Crippen molar-refractivity contribution in [2.75, 3.05) is 4.43 Å². The highest BCUT2D eigenvalue weighted by molar-refractivity contribution is 14.1. The highest BCUT2D eigenvalue weighted by atomic mass is 127. The van der Waals surface area contributed by atoms with Gasteiger partial charge < -0.3 is 4.74 Å². The van der Waals surface area contributed by atoms with E-state index in [9.17, 15) is 4.79 Å². The van der Waals surface area contributed by atoms with Gasteiger partial charge in [0, 0.05) is 4.43 Å². The second kappa shape index (κ2) is 9.61. The van der Waals surface area contributed by atoms with Crippen LogP contribution in [0.15, 0.2) is 99.6 Å². The number of carbonyl (C=O) groups excluding carboxylic acids is 1. The Bertz CT molecular complexity index is 851. The lowest BCUT2D eigenvalue weighted by atomic mass is 9.90. The zero-order chi connectivity index (χ0) is 20.0. The van der Waals surface area contributed by atoms with Gasteiger partial charge in [0.25, 0.3) is 0 Å². The van der Waals surface area contributed by atoms with E-state index in [0.717, 1.165) is 10.8 Å². The maximum Gasteiger partial charge on any atom is 0.317 e. The maximum absolute atomic E-state index is 12.5. The molecule has 0 spiro atoms. The van der Waals surface area contributed by atoms with E-state index < -0.39 is 5.41 Å². The molecule has 3 aromatic carbocycles. The summed E-state index contributed by atoms with van der Waals surface area (Å²) < 4.78 is 6.41. The zero-order valence-corrected chi connectivity index (χ0v) is 19.1. The van der Waals surface area contributed by atoms with Crippen LogP contribution < -0.4 is 4.74 Å². The molecule has 28 heavy (non-hydrogen) atoms. The number of alkyl halides is 1. The van der Waals surface area contributed by atoms with Gasteiger partial charge in [0.1, 0.15) is 5.75 Å². The Morgan fingerprint density at radius 2 is 1.32 bits per heavy atom. The van der Waals surface area contributed by atoms with Crippen molar-refractivity contribution in [3.8, 4) is 5.75 Å². The van der Waals surface area contributed by atoms with Gasteiger partial charge in [0.15, 0.2) is 14.7 Å². The van der Waals surface area contributed by atoms with Crippen LogP contribution in [-0.2, 0) is 15.7 Å². The van der Waals surface area contributed by atoms with Crippen LogP contribution >= 0.6 is 22.6 Å². The lowest BCUT2D eigenvalue weighted by Crippen LogP contribution is -2.32. The largest absolute Gasteiger partial charge is 0.426 e. The number of esters is 1. The molecule has 0 amide bonds. The molecule has 0 saturated heterocycles. The summed E-state index contributed by atoms with van der Waals surface area (Å²) in [7, 11) is -0.198. The first kappa shape index (κ1) is 20.9. The number of rotatable bonds is 7. The maximum atomic E-state index is 12.5. The molecular formula is C24H24IO2S+. The molecule has 0 heterocycles. The number of halogens is 1. The van der Waals surface area contributed by atoms with Crippen LogP contribution in [0.5, 0.6) is 5.75 Å². The molecule has 0 aliphatic carbocycles. The summed E-state index contributed by atoms with van der Waals surface area (Å²) in [6, 6.07) is 29.0. The van der Waals surface area contributed by atoms with Crippen LogP contribution in [-0.4, -0.2) is 10.4 Å². The molecule has 0 aliphatic rings. The van der Waals surface area contributed by atoms with Crippen LogP contribution in [0.25, 0.3) is 0 Å². The SMILES string of the molecule is CCC(C)(CI)C(=O)Oc1ccc([S+](c2ccccc2)c2ccccc2)cc1. The number of hydrogen-bond acceptors (Lipinski definition) is 2. The van der Waals surface area contributed by atoms with E-state index in [4.69, 9.17) is 4.74 Å². The third-order valence-corrected chi connectivity index (χ3v) is 8.71. The molecule has 0 N–H and O–H groups in total. The Morgan fingerprint density at radius 3 is 1.75 bits per heavy atom. The molecule has 1 unspecified atom stereocenters. The molecule has 0 saturated carbocycles. The van der Waals surface area contributed by atoms with E-state index in [2.05, 4.69) is 83.3 Å². The molecule has 3 rings (SSSR count). The number of hydrogen-bond donors (Lipinski definition) is 0. The third kappa shape index (κ3) is 4.78. The Morgan fingerprint density at radius 1 is 0.857 bits per heavy atom. The number of benzene rings is 3. The standard InChI is InChI=1S/C24H24IO2S/c1-3-24(2,18-25)23(26)27-19-14-16-22(17-15-19)28(20-10-6-4-7-11-20)21-12-8-5-9-13-21/h4-17H,3,18H2,1-2H3/q+1. The quantitative estimate of drug-likeness (QED) is 0.120. The second-order valence-electron chi connectivity index (χ2n) is 6.84. The van der Waals surface area contributed by atoms with Gasteiger partial charge in [-0.3, -0.25) is 4.79 Å². The first-order valence-electron chi connectivity index (χ1n) is 9.30. The fourth-order valence-corrected chi connectivity index (χ4v) is 5.62. The molecule has 0 aromatic heterocycles. The van der Waals surface area contributed by atoms with Crippen LogP contribution in [0, 0.1) is 5.41 Å². The molecule has 0 radical (unpaired) electrons. The topological polar surface area (TPSA) is 26.3 Å². The summed E-state index contributed by atoms with van der Waals surface area (Å²) in [5.41, 5.74) is -0.447. The zero-order valence-electron chi connectivity index (χ0n) is 16.1. The summed E-state index contributed by atoms with van der Waals surface area (Å²) in [5, 5.41) is 0. The Labute approximate surface area is 183 Å². The van der Waals surface area contributed by atoms with Crippen molar-refractivity contribution in [3.63, 3.8) is 0 Å². The average Bonchev–Trinajstić information content (AvgIpc) is 2.76. The minimum atomic E-state index is -0.447. The Balaban J connectivity index is 1.88. The molecule has 0 fully saturated rings. The van der Waals surface area contributed by atoms with Crippen molar-refractivity contribution in [1.82, 2.24) is 0 Å². The fourth-order valence-electron chi connectivity index (χ4n) is 2.69. The van der Waals surface area contributed by atoms with Gasteiger partial charge in [-0.15, -0.1) is 0 Å². The molecular weight excluding hydrogens is 479 g/mol. The van der Waals surface area contributed by atoms with E-state index in [1.165, 1.54) is 14.7 Å². The van der Waals surface area contributed by atoms with Gasteiger partial charge in [-0.2, -0.15) is 0 Å². The first-order chi connectivity index (χ1) is 13.6. The number of carbonyl (C=O) groups is 1. The minimum Gasteiger partial charge on any atom is -0.426 e. The highest BCUT2D eigenvalue weighted by Gasteiger charge is 2.33. The lowest BCUT2D eigenvalue weighted by Gasteiger charge is -2.22. The number of ether oxygens (including phenoxy) is 1. The van der Waals surface area contributed by atoms with Crippen molar-refractivity contribution < 1.29 is 9.53 Å². The van der Waals surface area contributed by atoms with E-state index in [1.54, 1.807) is 0 Å². The second-order valence-corrected chi connectivity index (χ2v) is 9.63. The van der Waals surface area contributed by atoms with Crippen molar-refractivity contribution in [1.29, 1.82) is 0 Å². The molecule has 0 aliphatic heterocycles. The van der Waals surface area contributed by atoms with E-state index in [1.807, 2.05) is 38.1 Å². The van der Waals surface area contributed by atoms with Gasteiger partial charge in [-0.25, -0.2) is 0 Å². The summed E-state index contributed by atoms with van der Waals surface area (Å²) in [5.74, 6) is 0.435. The lowest BCUT2D eigenvalue weighted by molar-refractivity contribution is -0.143. The van der Waals surface area contributed by atoms with Gasteiger partial charge >= 0.3 is 5.97 Å². The van der Waals surface area contributed by atoms with Crippen LogP contribution in [0.2, 0.25) is 0 Å². The van der Waals surface area contributed by atoms with Gasteiger partial charge in [0.2, 0.25) is 0 Å². The average molecular weight is 503 g/mol. The normalized spacial score (nSPS) is 13.1. The first-order valence-corrected chi connectivity index (χ1v) is 12.0. The monoisotopic (exact) mass is 503 g/mol. The smallest absolute Gasteiger partial charge is 0.317 e. The van der Waals surface area contributed by atoms with Crippen LogP contribution in [0.3, 0.4) is 0 Å². The van der Waals surface area contributed by atoms with Gasteiger partial charge in [-0.05, 0) is 61.9 Å². The molecule has 144 valence electrons. The van der Waals surface area contributed by atoms with Crippen molar-refractivity contribution in [3.05, 3.63) is 84.9 Å².